The number of halogens is 4. The van der Waals surface area contributed by atoms with E-state index in [-0.39, 0.29) is 15.8 Å². The van der Waals surface area contributed by atoms with Crippen molar-refractivity contribution >= 4 is 40.2 Å². The van der Waals surface area contributed by atoms with E-state index in [0.717, 1.165) is 5.56 Å². The van der Waals surface area contributed by atoms with E-state index in [2.05, 4.69) is 10.1 Å². The largest absolute Gasteiger partial charge is 0.432 e. The number of thiophene rings is 1. The summed E-state index contributed by atoms with van der Waals surface area (Å²) in [5, 5.41) is 7.16. The molecule has 1 heterocycles. The minimum Gasteiger partial charge on any atom is -0.432 e. The van der Waals surface area contributed by atoms with Gasteiger partial charge in [0.2, 0.25) is 0 Å². The van der Waals surface area contributed by atoms with Gasteiger partial charge in [0.05, 0.1) is 10.0 Å². The molecule has 0 spiro atoms. The van der Waals surface area contributed by atoms with Gasteiger partial charge in [0.1, 0.15) is 0 Å². The normalized spacial score (nSPS) is 10.8. The highest BCUT2D eigenvalue weighted by molar-refractivity contribution is 7.07. The molecule has 0 aliphatic carbocycles. The van der Waals surface area contributed by atoms with Gasteiger partial charge in [-0.25, -0.2) is 0 Å². The van der Waals surface area contributed by atoms with E-state index >= 15 is 0 Å². The Hall–Kier alpha value is -1.04. The summed E-state index contributed by atoms with van der Waals surface area (Å²) in [6.07, 6.45) is 0. The highest BCUT2D eigenvalue weighted by Gasteiger charge is 2.14. The zero-order chi connectivity index (χ0) is 13.8. The van der Waals surface area contributed by atoms with Crippen molar-refractivity contribution in [3.8, 4) is 5.75 Å². The number of alkyl halides is 2. The van der Waals surface area contributed by atoms with Gasteiger partial charge in [-0.3, -0.25) is 0 Å². The van der Waals surface area contributed by atoms with Crippen molar-refractivity contribution in [3.05, 3.63) is 44.6 Å². The first kappa shape index (κ1) is 14.4. The zero-order valence-electron chi connectivity index (χ0n) is 9.50. The number of anilines is 1. The summed E-state index contributed by atoms with van der Waals surface area (Å²) >= 11 is 13.3. The molecule has 0 atom stereocenters. The molecule has 1 N–H and O–H groups in total. The molecule has 1 aromatic heterocycles. The lowest BCUT2D eigenvalue weighted by atomic mass is 10.2. The summed E-state index contributed by atoms with van der Waals surface area (Å²) in [6.45, 7) is -2.36. The van der Waals surface area contributed by atoms with Gasteiger partial charge in [0, 0.05) is 12.2 Å². The Morgan fingerprint density at radius 1 is 1.26 bits per heavy atom. The fourth-order valence-electron chi connectivity index (χ4n) is 1.46. The van der Waals surface area contributed by atoms with Crippen LogP contribution in [0.1, 0.15) is 5.56 Å². The lowest BCUT2D eigenvalue weighted by Crippen LogP contribution is -2.04. The maximum absolute atomic E-state index is 12.2. The maximum atomic E-state index is 12.2. The van der Waals surface area contributed by atoms with Gasteiger partial charge in [-0.1, -0.05) is 23.2 Å². The summed E-state index contributed by atoms with van der Waals surface area (Å²) in [5.74, 6) is -0.209. The quantitative estimate of drug-likeness (QED) is 0.809. The van der Waals surface area contributed by atoms with Crippen LogP contribution in [0, 0.1) is 0 Å². The van der Waals surface area contributed by atoms with Crippen LogP contribution in [0.5, 0.6) is 5.75 Å². The molecule has 0 bridgehead atoms. The van der Waals surface area contributed by atoms with Crippen molar-refractivity contribution in [3.63, 3.8) is 0 Å². The second-order valence-corrected chi connectivity index (χ2v) is 5.23. The van der Waals surface area contributed by atoms with E-state index < -0.39 is 6.61 Å². The van der Waals surface area contributed by atoms with Crippen LogP contribution in [0.25, 0.3) is 0 Å². The minimum absolute atomic E-state index is 0.0422. The number of hydrogen-bond acceptors (Lipinski definition) is 3. The Morgan fingerprint density at radius 3 is 2.47 bits per heavy atom. The number of ether oxygens (including phenoxy) is 1. The lowest BCUT2D eigenvalue weighted by Gasteiger charge is -2.12. The Bertz CT molecular complexity index is 526. The molecule has 0 fully saturated rings. The fraction of sp³-hybridized carbons (Fsp3) is 0.167. The lowest BCUT2D eigenvalue weighted by molar-refractivity contribution is -0.0497. The molecule has 2 aromatic rings. The highest BCUT2D eigenvalue weighted by Crippen LogP contribution is 2.37. The van der Waals surface area contributed by atoms with Crippen molar-refractivity contribution in [1.29, 1.82) is 0 Å². The minimum atomic E-state index is -2.96. The van der Waals surface area contributed by atoms with Gasteiger partial charge >= 0.3 is 6.61 Å². The van der Waals surface area contributed by atoms with Crippen LogP contribution in [0.2, 0.25) is 10.0 Å². The third-order valence-electron chi connectivity index (χ3n) is 2.28. The molecule has 19 heavy (non-hydrogen) atoms. The first-order valence-electron chi connectivity index (χ1n) is 5.25. The molecule has 0 unspecified atom stereocenters. The van der Waals surface area contributed by atoms with Gasteiger partial charge in [-0.2, -0.15) is 20.1 Å². The maximum Gasteiger partial charge on any atom is 0.387 e. The van der Waals surface area contributed by atoms with Crippen LogP contribution in [-0.2, 0) is 6.54 Å². The summed E-state index contributed by atoms with van der Waals surface area (Å²) in [6, 6.07) is 4.98. The van der Waals surface area contributed by atoms with E-state index in [0.29, 0.717) is 12.2 Å². The standard InChI is InChI=1S/C12H9Cl2F2NOS/c13-9-3-8(17-5-7-1-2-19-6-7)4-10(14)11(9)18-12(15)16/h1-4,6,12,17H,5H2. The molecule has 0 radical (unpaired) electrons. The van der Waals surface area contributed by atoms with Crippen LogP contribution in [-0.4, -0.2) is 6.61 Å². The third-order valence-corrected chi connectivity index (χ3v) is 3.58. The predicted octanol–water partition coefficient (Wildman–Crippen LogP) is 5.27. The van der Waals surface area contributed by atoms with Gasteiger partial charge < -0.3 is 10.1 Å². The van der Waals surface area contributed by atoms with Gasteiger partial charge in [0.25, 0.3) is 0 Å². The summed E-state index contributed by atoms with van der Waals surface area (Å²) in [4.78, 5) is 0. The predicted molar refractivity (Wildman–Crippen MR) is 74.7 cm³/mol. The van der Waals surface area contributed by atoms with E-state index in [1.807, 2.05) is 16.8 Å². The monoisotopic (exact) mass is 323 g/mol. The third kappa shape index (κ3) is 3.96. The number of hydrogen-bond donors (Lipinski definition) is 1. The SMILES string of the molecule is FC(F)Oc1c(Cl)cc(NCc2ccsc2)cc1Cl. The molecule has 0 aliphatic heterocycles. The van der Waals surface area contributed by atoms with Crippen molar-refractivity contribution in [2.24, 2.45) is 0 Å². The molecule has 102 valence electrons. The van der Waals surface area contributed by atoms with E-state index in [9.17, 15) is 8.78 Å². The molecular weight excluding hydrogens is 315 g/mol. The Morgan fingerprint density at radius 2 is 1.95 bits per heavy atom. The van der Waals surface area contributed by atoms with E-state index in [1.165, 1.54) is 12.1 Å². The van der Waals surface area contributed by atoms with Crippen LogP contribution in [0.4, 0.5) is 14.5 Å². The number of nitrogens with one attached hydrogen (secondary N) is 1. The molecule has 7 heteroatoms. The Balaban J connectivity index is 2.10. The van der Waals surface area contributed by atoms with Gasteiger partial charge in [0.15, 0.2) is 5.75 Å². The molecule has 0 saturated carbocycles. The average molecular weight is 324 g/mol. The summed E-state index contributed by atoms with van der Waals surface area (Å²) < 4.78 is 28.6. The topological polar surface area (TPSA) is 21.3 Å². The molecular formula is C12H9Cl2F2NOS. The zero-order valence-corrected chi connectivity index (χ0v) is 11.8. The van der Waals surface area contributed by atoms with Crippen LogP contribution >= 0.6 is 34.5 Å². The average Bonchev–Trinajstić information content (AvgIpc) is 2.84. The van der Waals surface area contributed by atoms with Crippen molar-refractivity contribution < 1.29 is 13.5 Å². The Labute approximate surface area is 122 Å². The highest BCUT2D eigenvalue weighted by atomic mass is 35.5. The summed E-state index contributed by atoms with van der Waals surface area (Å²) in [5.41, 5.74) is 1.76. The van der Waals surface area contributed by atoms with E-state index in [4.69, 9.17) is 23.2 Å². The van der Waals surface area contributed by atoms with Crippen LogP contribution in [0.15, 0.2) is 29.0 Å². The first-order chi connectivity index (χ1) is 9.06. The fourth-order valence-corrected chi connectivity index (χ4v) is 2.71. The molecule has 2 rings (SSSR count). The molecule has 1 aromatic carbocycles. The summed E-state index contributed by atoms with van der Waals surface area (Å²) in [7, 11) is 0. The number of benzene rings is 1. The van der Waals surface area contributed by atoms with Crippen LogP contribution < -0.4 is 10.1 Å². The molecule has 0 saturated heterocycles. The first-order valence-corrected chi connectivity index (χ1v) is 6.95. The molecule has 2 nitrogen and oxygen atoms in total. The van der Waals surface area contributed by atoms with Crippen molar-refractivity contribution in [2.45, 2.75) is 13.2 Å². The van der Waals surface area contributed by atoms with Crippen LogP contribution in [0.3, 0.4) is 0 Å². The van der Waals surface area contributed by atoms with Crippen molar-refractivity contribution in [1.82, 2.24) is 0 Å². The smallest absolute Gasteiger partial charge is 0.387 e. The van der Waals surface area contributed by atoms with Gasteiger partial charge in [-0.05, 0) is 34.5 Å². The van der Waals surface area contributed by atoms with Crippen molar-refractivity contribution in [2.75, 3.05) is 5.32 Å². The Kier molecular flexibility index (Phi) is 4.85. The van der Waals surface area contributed by atoms with Gasteiger partial charge in [-0.15, -0.1) is 0 Å². The number of rotatable bonds is 5. The second kappa shape index (κ2) is 6.41. The second-order valence-electron chi connectivity index (χ2n) is 3.63. The molecule has 0 aliphatic rings. The van der Waals surface area contributed by atoms with E-state index in [1.54, 1.807) is 11.3 Å². The molecule has 0 amide bonds.